The zero-order valence-corrected chi connectivity index (χ0v) is 16.8. The summed E-state index contributed by atoms with van der Waals surface area (Å²) in [5.74, 6) is 0.716. The molecule has 2 aromatic rings. The molecule has 0 unspecified atom stereocenters. The van der Waals surface area contributed by atoms with Crippen LogP contribution in [0.1, 0.15) is 12.8 Å². The molecule has 4 rings (SSSR count). The average molecular weight is 410 g/mol. The number of rotatable bonds is 4. The predicted octanol–water partition coefficient (Wildman–Crippen LogP) is 2.02. The number of piperazine rings is 1. The van der Waals surface area contributed by atoms with Crippen molar-refractivity contribution in [3.63, 3.8) is 0 Å². The Morgan fingerprint density at radius 2 is 1.93 bits per heavy atom. The SMILES string of the molecule is O=C(CCn1ccc2ccc(Cl)cc21)N1CCN([C@@H]2CCS(=O)(=O)C2)CC1. The van der Waals surface area contributed by atoms with Crippen LogP contribution in [0.3, 0.4) is 0 Å². The molecular formula is C19H24ClN3O3S. The largest absolute Gasteiger partial charge is 0.347 e. The van der Waals surface area contributed by atoms with Gasteiger partial charge in [0.2, 0.25) is 5.91 Å². The summed E-state index contributed by atoms with van der Waals surface area (Å²) in [6, 6.07) is 7.94. The molecule has 1 atom stereocenters. The lowest BCUT2D eigenvalue weighted by atomic mass is 10.2. The smallest absolute Gasteiger partial charge is 0.224 e. The van der Waals surface area contributed by atoms with Crippen LogP contribution in [0.25, 0.3) is 10.9 Å². The first-order valence-electron chi connectivity index (χ1n) is 9.38. The number of aromatic nitrogens is 1. The van der Waals surface area contributed by atoms with Crippen molar-refractivity contribution in [3.05, 3.63) is 35.5 Å². The van der Waals surface area contributed by atoms with Gasteiger partial charge in [-0.15, -0.1) is 0 Å². The van der Waals surface area contributed by atoms with E-state index in [-0.39, 0.29) is 17.7 Å². The van der Waals surface area contributed by atoms with Crippen LogP contribution in [0.15, 0.2) is 30.5 Å². The molecule has 27 heavy (non-hydrogen) atoms. The van der Waals surface area contributed by atoms with Gasteiger partial charge in [-0.1, -0.05) is 17.7 Å². The molecule has 0 radical (unpaired) electrons. The molecule has 1 aromatic carbocycles. The van der Waals surface area contributed by atoms with Crippen LogP contribution in [0.2, 0.25) is 5.02 Å². The predicted molar refractivity (Wildman–Crippen MR) is 107 cm³/mol. The maximum atomic E-state index is 12.6. The van der Waals surface area contributed by atoms with Crippen LogP contribution in [-0.4, -0.2) is 72.4 Å². The van der Waals surface area contributed by atoms with Crippen molar-refractivity contribution in [3.8, 4) is 0 Å². The second-order valence-electron chi connectivity index (χ2n) is 7.44. The standard InChI is InChI=1S/C19H24ClN3O3S/c20-16-2-1-15-3-6-22(18(15)13-16)7-4-19(24)23-10-8-21(9-11-23)17-5-12-27(25,26)14-17/h1-3,6,13,17H,4-5,7-12,14H2/t17-/m1/s1. The van der Waals surface area contributed by atoms with Gasteiger partial charge in [0.25, 0.3) is 0 Å². The molecule has 3 heterocycles. The van der Waals surface area contributed by atoms with Crippen LogP contribution in [0.4, 0.5) is 0 Å². The molecule has 2 aliphatic rings. The van der Waals surface area contributed by atoms with Crippen molar-refractivity contribution in [2.75, 3.05) is 37.7 Å². The summed E-state index contributed by atoms with van der Waals surface area (Å²) >= 11 is 6.09. The van der Waals surface area contributed by atoms with Crippen molar-refractivity contribution < 1.29 is 13.2 Å². The molecule has 146 valence electrons. The minimum atomic E-state index is -2.86. The molecule has 0 aliphatic carbocycles. The Morgan fingerprint density at radius 1 is 1.15 bits per heavy atom. The number of nitrogens with zero attached hydrogens (tertiary/aromatic N) is 3. The lowest BCUT2D eigenvalue weighted by Crippen LogP contribution is -2.52. The summed E-state index contributed by atoms with van der Waals surface area (Å²) < 4.78 is 25.4. The van der Waals surface area contributed by atoms with Gasteiger partial charge in [0.1, 0.15) is 0 Å². The third kappa shape index (κ3) is 4.15. The Hall–Kier alpha value is -1.57. The van der Waals surface area contributed by atoms with Gasteiger partial charge in [0, 0.05) is 61.9 Å². The highest BCUT2D eigenvalue weighted by molar-refractivity contribution is 7.91. The summed E-state index contributed by atoms with van der Waals surface area (Å²) in [6.07, 6.45) is 3.17. The van der Waals surface area contributed by atoms with Gasteiger partial charge in [-0.25, -0.2) is 8.42 Å². The van der Waals surface area contributed by atoms with E-state index in [1.54, 1.807) is 0 Å². The van der Waals surface area contributed by atoms with Gasteiger partial charge in [-0.3, -0.25) is 9.69 Å². The van der Waals surface area contributed by atoms with Crippen molar-refractivity contribution in [1.29, 1.82) is 0 Å². The lowest BCUT2D eigenvalue weighted by Gasteiger charge is -2.37. The van der Waals surface area contributed by atoms with Crippen LogP contribution in [-0.2, 0) is 21.2 Å². The number of carbonyl (C=O) groups excluding carboxylic acids is 1. The van der Waals surface area contributed by atoms with Gasteiger partial charge in [-0.05, 0) is 30.0 Å². The molecule has 8 heteroatoms. The normalized spacial score (nSPS) is 23.1. The zero-order chi connectivity index (χ0) is 19.0. The van der Waals surface area contributed by atoms with Crippen LogP contribution < -0.4 is 0 Å². The van der Waals surface area contributed by atoms with Crippen LogP contribution in [0, 0.1) is 0 Å². The number of halogens is 1. The molecular weight excluding hydrogens is 386 g/mol. The third-order valence-electron chi connectivity index (χ3n) is 5.69. The van der Waals surface area contributed by atoms with Gasteiger partial charge in [0.15, 0.2) is 9.84 Å². The number of fused-ring (bicyclic) bond motifs is 1. The Balaban J connectivity index is 1.30. The minimum absolute atomic E-state index is 0.128. The van der Waals surface area contributed by atoms with Crippen LogP contribution >= 0.6 is 11.6 Å². The third-order valence-corrected chi connectivity index (χ3v) is 7.68. The molecule has 0 N–H and O–H groups in total. The summed E-state index contributed by atoms with van der Waals surface area (Å²) in [5.41, 5.74) is 1.04. The number of hydrogen-bond donors (Lipinski definition) is 0. The zero-order valence-electron chi connectivity index (χ0n) is 15.2. The molecule has 2 aliphatic heterocycles. The van der Waals surface area contributed by atoms with E-state index >= 15 is 0 Å². The number of hydrogen-bond acceptors (Lipinski definition) is 4. The quantitative estimate of drug-likeness (QED) is 0.775. The average Bonchev–Trinajstić information content (AvgIpc) is 3.22. The fourth-order valence-corrected chi connectivity index (χ4v) is 6.05. The van der Waals surface area contributed by atoms with E-state index < -0.39 is 9.84 Å². The molecule has 0 spiro atoms. The molecule has 2 saturated heterocycles. The van der Waals surface area contributed by atoms with Gasteiger partial charge >= 0.3 is 0 Å². The van der Waals surface area contributed by atoms with Crippen molar-refractivity contribution in [2.45, 2.75) is 25.4 Å². The first kappa shape index (κ1) is 18.8. The highest BCUT2D eigenvalue weighted by Gasteiger charge is 2.34. The molecule has 6 nitrogen and oxygen atoms in total. The summed E-state index contributed by atoms with van der Waals surface area (Å²) in [7, 11) is -2.86. The van der Waals surface area contributed by atoms with E-state index in [0.29, 0.717) is 36.8 Å². The van der Waals surface area contributed by atoms with E-state index in [2.05, 4.69) is 9.47 Å². The number of carbonyl (C=O) groups is 1. The first-order valence-corrected chi connectivity index (χ1v) is 11.6. The highest BCUT2D eigenvalue weighted by Crippen LogP contribution is 2.22. The van der Waals surface area contributed by atoms with Crippen LogP contribution in [0.5, 0.6) is 0 Å². The van der Waals surface area contributed by atoms with E-state index in [1.807, 2.05) is 35.4 Å². The second kappa shape index (κ2) is 7.45. The lowest BCUT2D eigenvalue weighted by molar-refractivity contribution is -0.133. The van der Waals surface area contributed by atoms with Gasteiger partial charge in [-0.2, -0.15) is 0 Å². The summed E-state index contributed by atoms with van der Waals surface area (Å²) in [6.45, 7) is 3.49. The molecule has 1 amide bonds. The molecule has 1 aromatic heterocycles. The summed E-state index contributed by atoms with van der Waals surface area (Å²) in [5, 5.41) is 1.81. The Kier molecular flexibility index (Phi) is 5.18. The highest BCUT2D eigenvalue weighted by atomic mass is 35.5. The maximum Gasteiger partial charge on any atom is 0.224 e. The molecule has 0 saturated carbocycles. The number of aryl methyl sites for hydroxylation is 1. The monoisotopic (exact) mass is 409 g/mol. The molecule has 0 bridgehead atoms. The Bertz CT molecular complexity index is 948. The number of benzene rings is 1. The number of amides is 1. The Labute approximate surface area is 164 Å². The van der Waals surface area contributed by atoms with Gasteiger partial charge in [0.05, 0.1) is 11.5 Å². The fraction of sp³-hybridized carbons (Fsp3) is 0.526. The minimum Gasteiger partial charge on any atom is -0.347 e. The van der Waals surface area contributed by atoms with E-state index in [0.717, 1.165) is 30.4 Å². The van der Waals surface area contributed by atoms with Gasteiger partial charge < -0.3 is 9.47 Å². The fourth-order valence-electron chi connectivity index (χ4n) is 4.13. The maximum absolute atomic E-state index is 12.6. The van der Waals surface area contributed by atoms with Crippen molar-refractivity contribution >= 4 is 38.2 Å². The second-order valence-corrected chi connectivity index (χ2v) is 10.1. The van der Waals surface area contributed by atoms with Crippen molar-refractivity contribution in [2.24, 2.45) is 0 Å². The topological polar surface area (TPSA) is 62.6 Å². The molecule has 2 fully saturated rings. The Morgan fingerprint density at radius 3 is 2.63 bits per heavy atom. The van der Waals surface area contributed by atoms with E-state index in [9.17, 15) is 13.2 Å². The number of sulfone groups is 1. The summed E-state index contributed by atoms with van der Waals surface area (Å²) in [4.78, 5) is 16.7. The van der Waals surface area contributed by atoms with Crippen molar-refractivity contribution in [1.82, 2.24) is 14.4 Å². The van der Waals surface area contributed by atoms with E-state index in [4.69, 9.17) is 11.6 Å². The van der Waals surface area contributed by atoms with E-state index in [1.165, 1.54) is 0 Å². The first-order chi connectivity index (χ1) is 12.9.